The maximum absolute atomic E-state index is 10.3. The molecule has 0 spiro atoms. The van der Waals surface area contributed by atoms with Crippen LogP contribution in [-0.4, -0.2) is 66.9 Å². The van der Waals surface area contributed by atoms with Gasteiger partial charge in [0.1, 0.15) is 0 Å². The lowest BCUT2D eigenvalue weighted by atomic mass is 10.2. The zero-order chi connectivity index (χ0) is 15.1. The summed E-state index contributed by atoms with van der Waals surface area (Å²) in [7, 11) is 2.06. The third kappa shape index (κ3) is 5.75. The monoisotopic (exact) mass is 292 g/mol. The van der Waals surface area contributed by atoms with E-state index in [1.807, 2.05) is 6.07 Å². The normalized spacial score (nSPS) is 22.2. The Balaban J connectivity index is 1.76. The number of nitrogens with zero attached hydrogens (tertiary/aromatic N) is 2. The predicted octanol–water partition coefficient (Wildman–Crippen LogP) is 1.59. The highest BCUT2D eigenvalue weighted by Gasteiger charge is 2.20. The lowest BCUT2D eigenvalue weighted by Crippen LogP contribution is -2.43. The number of likely N-dealkylation sites (N-methyl/N-ethyl adjacent to an activating group) is 1. The summed E-state index contributed by atoms with van der Waals surface area (Å²) in [5.41, 5.74) is 1.28. The molecule has 1 aliphatic rings. The number of ether oxygens (including phenoxy) is 1. The summed E-state index contributed by atoms with van der Waals surface area (Å²) in [6, 6.07) is 10.9. The van der Waals surface area contributed by atoms with Crippen LogP contribution in [0.25, 0.3) is 0 Å². The molecule has 1 saturated heterocycles. The summed E-state index contributed by atoms with van der Waals surface area (Å²) >= 11 is 0. The highest BCUT2D eigenvalue weighted by molar-refractivity contribution is 5.14. The number of β-amino-alcohol motifs (C(OH)–C–C–N with tert-alkyl or cyclic N) is 1. The Morgan fingerprint density at radius 3 is 2.86 bits per heavy atom. The average Bonchev–Trinajstić information content (AvgIpc) is 2.65. The van der Waals surface area contributed by atoms with E-state index >= 15 is 0 Å². The van der Waals surface area contributed by atoms with Crippen molar-refractivity contribution in [2.75, 3.05) is 39.9 Å². The molecule has 1 N–H and O–H groups in total. The zero-order valence-electron chi connectivity index (χ0n) is 13.2. The van der Waals surface area contributed by atoms with E-state index in [1.54, 1.807) is 0 Å². The van der Waals surface area contributed by atoms with Crippen molar-refractivity contribution in [3.63, 3.8) is 0 Å². The van der Waals surface area contributed by atoms with Gasteiger partial charge in [-0.05, 0) is 26.0 Å². The van der Waals surface area contributed by atoms with Gasteiger partial charge >= 0.3 is 0 Å². The quantitative estimate of drug-likeness (QED) is 0.864. The third-order valence-corrected chi connectivity index (χ3v) is 4.09. The minimum Gasteiger partial charge on any atom is -0.390 e. The van der Waals surface area contributed by atoms with Crippen molar-refractivity contribution in [1.29, 1.82) is 0 Å². The van der Waals surface area contributed by atoms with Crippen LogP contribution in [0.2, 0.25) is 0 Å². The molecule has 0 bridgehead atoms. The summed E-state index contributed by atoms with van der Waals surface area (Å²) in [6.45, 7) is 7.04. The molecule has 1 aromatic carbocycles. The van der Waals surface area contributed by atoms with Crippen molar-refractivity contribution in [3.8, 4) is 0 Å². The molecule has 1 heterocycles. The molecule has 0 amide bonds. The molecule has 1 fully saturated rings. The Morgan fingerprint density at radius 1 is 1.33 bits per heavy atom. The van der Waals surface area contributed by atoms with E-state index in [4.69, 9.17) is 4.74 Å². The molecule has 0 aliphatic carbocycles. The zero-order valence-corrected chi connectivity index (χ0v) is 13.2. The van der Waals surface area contributed by atoms with E-state index in [-0.39, 0.29) is 6.10 Å². The molecular weight excluding hydrogens is 264 g/mol. The molecule has 1 aliphatic heterocycles. The number of aliphatic hydroxyl groups is 1. The summed E-state index contributed by atoms with van der Waals surface area (Å²) < 4.78 is 5.50. The van der Waals surface area contributed by atoms with Crippen LogP contribution in [0.1, 0.15) is 18.9 Å². The van der Waals surface area contributed by atoms with Gasteiger partial charge in [-0.1, -0.05) is 30.3 Å². The number of hydrogen-bond acceptors (Lipinski definition) is 4. The van der Waals surface area contributed by atoms with Gasteiger partial charge in [0, 0.05) is 38.8 Å². The number of benzene rings is 1. The molecule has 0 aromatic heterocycles. The summed E-state index contributed by atoms with van der Waals surface area (Å²) in [5.74, 6) is 0. The molecule has 21 heavy (non-hydrogen) atoms. The Bertz CT molecular complexity index is 399. The van der Waals surface area contributed by atoms with Gasteiger partial charge in [0.05, 0.1) is 12.7 Å². The van der Waals surface area contributed by atoms with Crippen molar-refractivity contribution in [2.45, 2.75) is 32.0 Å². The SMILES string of the molecule is CC1CCOCCN1CC(O)CN(C)Cc1ccccc1. The van der Waals surface area contributed by atoms with Gasteiger partial charge in [-0.2, -0.15) is 0 Å². The number of rotatable bonds is 6. The van der Waals surface area contributed by atoms with Gasteiger partial charge < -0.3 is 9.84 Å². The molecule has 2 atom stereocenters. The fraction of sp³-hybridized carbons (Fsp3) is 0.647. The largest absolute Gasteiger partial charge is 0.390 e. The maximum Gasteiger partial charge on any atom is 0.0793 e. The minimum absolute atomic E-state index is 0.320. The molecule has 118 valence electrons. The second kappa shape index (κ2) is 8.49. The van der Waals surface area contributed by atoms with Gasteiger partial charge in [0.2, 0.25) is 0 Å². The summed E-state index contributed by atoms with van der Waals surface area (Å²) in [4.78, 5) is 4.52. The van der Waals surface area contributed by atoms with Gasteiger partial charge in [0.15, 0.2) is 0 Å². The second-order valence-electron chi connectivity index (χ2n) is 6.08. The summed E-state index contributed by atoms with van der Waals surface area (Å²) in [5, 5.41) is 10.3. The van der Waals surface area contributed by atoms with Gasteiger partial charge in [0.25, 0.3) is 0 Å². The van der Waals surface area contributed by atoms with Crippen LogP contribution in [0, 0.1) is 0 Å². The topological polar surface area (TPSA) is 35.9 Å². The summed E-state index contributed by atoms with van der Waals surface area (Å²) in [6.07, 6.45) is 0.728. The standard InChI is InChI=1S/C17H28N2O2/c1-15-8-10-21-11-9-19(15)14-17(20)13-18(2)12-16-6-4-3-5-7-16/h3-7,15,17,20H,8-14H2,1-2H3. The Morgan fingerprint density at radius 2 is 2.10 bits per heavy atom. The number of hydrogen-bond donors (Lipinski definition) is 1. The highest BCUT2D eigenvalue weighted by Crippen LogP contribution is 2.10. The first-order valence-corrected chi connectivity index (χ1v) is 7.87. The van der Waals surface area contributed by atoms with E-state index in [9.17, 15) is 5.11 Å². The lowest BCUT2D eigenvalue weighted by molar-refractivity contribution is 0.0642. The smallest absolute Gasteiger partial charge is 0.0793 e. The van der Waals surface area contributed by atoms with Crippen molar-refractivity contribution in [3.05, 3.63) is 35.9 Å². The second-order valence-corrected chi connectivity index (χ2v) is 6.08. The van der Waals surface area contributed by atoms with Crippen LogP contribution in [-0.2, 0) is 11.3 Å². The van der Waals surface area contributed by atoms with Crippen molar-refractivity contribution in [2.24, 2.45) is 0 Å². The molecule has 0 saturated carbocycles. The molecule has 0 radical (unpaired) electrons. The fourth-order valence-electron chi connectivity index (χ4n) is 2.86. The molecule has 4 heteroatoms. The van der Waals surface area contributed by atoms with Crippen molar-refractivity contribution < 1.29 is 9.84 Å². The maximum atomic E-state index is 10.3. The van der Waals surface area contributed by atoms with Crippen LogP contribution < -0.4 is 0 Å². The van der Waals surface area contributed by atoms with Crippen LogP contribution in [0.5, 0.6) is 0 Å². The van der Waals surface area contributed by atoms with E-state index in [1.165, 1.54) is 5.56 Å². The van der Waals surface area contributed by atoms with Crippen LogP contribution in [0.4, 0.5) is 0 Å². The Labute approximate surface area is 128 Å². The van der Waals surface area contributed by atoms with Crippen molar-refractivity contribution in [1.82, 2.24) is 9.80 Å². The lowest BCUT2D eigenvalue weighted by Gasteiger charge is -2.30. The van der Waals surface area contributed by atoms with E-state index in [0.29, 0.717) is 12.6 Å². The Kier molecular flexibility index (Phi) is 6.64. The van der Waals surface area contributed by atoms with Crippen LogP contribution in [0.15, 0.2) is 30.3 Å². The first-order valence-electron chi connectivity index (χ1n) is 7.87. The Hall–Kier alpha value is -0.940. The van der Waals surface area contributed by atoms with Gasteiger partial charge in [-0.3, -0.25) is 9.80 Å². The first kappa shape index (κ1) is 16.4. The highest BCUT2D eigenvalue weighted by atomic mass is 16.5. The fourth-order valence-corrected chi connectivity index (χ4v) is 2.86. The predicted molar refractivity (Wildman–Crippen MR) is 85.3 cm³/mol. The van der Waals surface area contributed by atoms with Gasteiger partial charge in [-0.15, -0.1) is 0 Å². The molecule has 2 rings (SSSR count). The van der Waals surface area contributed by atoms with E-state index < -0.39 is 0 Å². The first-order chi connectivity index (χ1) is 10.1. The number of aliphatic hydroxyl groups excluding tert-OH is 1. The van der Waals surface area contributed by atoms with E-state index in [2.05, 4.69) is 48.0 Å². The van der Waals surface area contributed by atoms with Gasteiger partial charge in [-0.25, -0.2) is 0 Å². The molecule has 4 nitrogen and oxygen atoms in total. The molecule has 2 unspecified atom stereocenters. The molecule has 1 aromatic rings. The van der Waals surface area contributed by atoms with Crippen LogP contribution >= 0.6 is 0 Å². The average molecular weight is 292 g/mol. The van der Waals surface area contributed by atoms with Crippen LogP contribution in [0.3, 0.4) is 0 Å². The molecular formula is C17H28N2O2. The third-order valence-electron chi connectivity index (χ3n) is 4.09. The minimum atomic E-state index is -0.320. The van der Waals surface area contributed by atoms with Crippen molar-refractivity contribution >= 4 is 0 Å². The van der Waals surface area contributed by atoms with E-state index in [0.717, 1.165) is 39.3 Å².